The van der Waals surface area contributed by atoms with Crippen LogP contribution in [-0.4, -0.2) is 47.3 Å². The maximum absolute atomic E-state index is 9.76. The van der Waals surface area contributed by atoms with Gasteiger partial charge in [-0.2, -0.15) is 26.3 Å². The molecule has 0 unspecified atom stereocenters. The van der Waals surface area contributed by atoms with Crippen molar-refractivity contribution in [2.75, 3.05) is 0 Å². The minimum atomic E-state index is 0.537. The second kappa shape index (κ2) is 34.8. The maximum Gasteiger partial charge on any atom is 0.140 e. The van der Waals surface area contributed by atoms with Gasteiger partial charge in [-0.25, -0.2) is 19.9 Å². The summed E-state index contributed by atoms with van der Waals surface area (Å²) in [5.74, 6) is 4.80. The van der Waals surface area contributed by atoms with Crippen LogP contribution < -0.4 is 0 Å². The largest absolute Gasteiger partial charge is 0.294 e. The Labute approximate surface area is 814 Å². The average molecular weight is 1810 g/mol. The van der Waals surface area contributed by atoms with Crippen molar-refractivity contribution < 1.29 is 0 Å². The predicted molar refractivity (Wildman–Crippen MR) is 573 cm³/mol. The van der Waals surface area contributed by atoms with Gasteiger partial charge in [-0.1, -0.05) is 261 Å². The molecule has 0 aliphatic heterocycles. The molecular weight excluding hydrogens is 1740 g/mol. The normalized spacial score (nSPS) is 11.3. The van der Waals surface area contributed by atoms with Gasteiger partial charge in [-0.3, -0.25) is 27.4 Å². The number of nitrogens with zero attached hydrogens (tertiary/aromatic N) is 15. The van der Waals surface area contributed by atoms with E-state index >= 15 is 0 Å². The van der Waals surface area contributed by atoms with Crippen LogP contribution in [0.3, 0.4) is 0 Å². The number of fused-ring (bicyclic) bond motifs is 18. The Bertz CT molecular complexity index is 9500. The highest BCUT2D eigenvalue weighted by molar-refractivity contribution is 6.15. The molecule has 27 rings (SSSR count). The summed E-state index contributed by atoms with van der Waals surface area (Å²) in [7, 11) is 0. The first kappa shape index (κ1) is 83.4. The van der Waals surface area contributed by atoms with E-state index in [0.29, 0.717) is 33.6 Å². The molecule has 0 bridgehead atoms. The fourth-order valence-corrected chi connectivity index (χ4v) is 20.7. The smallest absolute Gasteiger partial charge is 0.140 e. The molecule has 27 aromatic rings. The Hall–Kier alpha value is -20.4. The molecule has 0 amide bonds. The molecular formula is C127H75N15. The Morgan fingerprint density at radius 3 is 0.634 bits per heavy atom. The molecule has 0 saturated heterocycles. The molecule has 10 heterocycles. The van der Waals surface area contributed by atoms with Gasteiger partial charge in [-0.15, -0.1) is 0 Å². The summed E-state index contributed by atoms with van der Waals surface area (Å²) in [4.78, 5) is 21.4. The monoisotopic (exact) mass is 1810 g/mol. The van der Waals surface area contributed by atoms with Gasteiger partial charge in [0.05, 0.1) is 136 Å². The van der Waals surface area contributed by atoms with Gasteiger partial charge in [0.25, 0.3) is 0 Å². The Morgan fingerprint density at radius 1 is 0.134 bits per heavy atom. The first-order chi connectivity index (χ1) is 70.2. The molecule has 0 saturated carbocycles. The third-order valence-electron chi connectivity index (χ3n) is 27.1. The molecule has 658 valence electrons. The van der Waals surface area contributed by atoms with E-state index in [1.807, 2.05) is 127 Å². The highest BCUT2D eigenvalue weighted by atomic mass is 15.2. The van der Waals surface area contributed by atoms with Crippen molar-refractivity contribution in [3.05, 3.63) is 483 Å². The molecule has 15 nitrogen and oxygen atoms in total. The van der Waals surface area contributed by atoms with E-state index in [1.165, 1.54) is 43.1 Å². The van der Waals surface area contributed by atoms with Gasteiger partial charge in [0.1, 0.15) is 34.9 Å². The lowest BCUT2D eigenvalue weighted by Crippen LogP contribution is -2.05. The van der Waals surface area contributed by atoms with Gasteiger partial charge in [0.15, 0.2) is 0 Å². The van der Waals surface area contributed by atoms with Crippen LogP contribution in [0.5, 0.6) is 0 Å². The fourth-order valence-electron chi connectivity index (χ4n) is 20.7. The Balaban J connectivity index is 0.000000112. The summed E-state index contributed by atoms with van der Waals surface area (Å²) in [6.45, 7) is 0. The maximum atomic E-state index is 9.76. The zero-order valence-electron chi connectivity index (χ0n) is 76.0. The van der Waals surface area contributed by atoms with Crippen molar-refractivity contribution in [1.82, 2.24) is 47.3 Å². The lowest BCUT2D eigenvalue weighted by molar-refractivity contribution is 1.01. The zero-order chi connectivity index (χ0) is 95.0. The van der Waals surface area contributed by atoms with Gasteiger partial charge >= 0.3 is 0 Å². The first-order valence-corrected chi connectivity index (χ1v) is 46.7. The molecule has 0 N–H and O–H groups in total. The highest BCUT2D eigenvalue weighted by Gasteiger charge is 2.26. The number of nitriles is 5. The Kier molecular flexibility index (Phi) is 20.4. The molecule has 0 aliphatic rings. The molecule has 0 atom stereocenters. The third kappa shape index (κ3) is 14.4. The lowest BCUT2D eigenvalue weighted by Gasteiger charge is -2.15. The third-order valence-corrected chi connectivity index (χ3v) is 27.1. The number of pyridine rings is 4. The van der Waals surface area contributed by atoms with E-state index in [9.17, 15) is 26.3 Å². The van der Waals surface area contributed by atoms with E-state index in [2.05, 4.69) is 373 Å². The van der Waals surface area contributed by atoms with E-state index in [4.69, 9.17) is 19.9 Å². The summed E-state index contributed by atoms with van der Waals surface area (Å²) < 4.78 is 13.4. The van der Waals surface area contributed by atoms with Gasteiger partial charge in [-0.05, 0) is 239 Å². The minimum Gasteiger partial charge on any atom is -0.294 e. The predicted octanol–water partition coefficient (Wildman–Crippen LogP) is 30.6. The van der Waals surface area contributed by atoms with Crippen LogP contribution in [0, 0.1) is 56.7 Å². The van der Waals surface area contributed by atoms with Crippen molar-refractivity contribution in [1.29, 1.82) is 26.3 Å². The molecule has 0 spiro atoms. The minimum absolute atomic E-state index is 0.537. The molecule has 0 fully saturated rings. The number of aromatic nitrogens is 10. The van der Waals surface area contributed by atoms with Gasteiger partial charge in [0, 0.05) is 75.8 Å². The molecule has 17 aromatic carbocycles. The highest BCUT2D eigenvalue weighted by Crippen LogP contribution is 2.44. The number of hydrogen-bond donors (Lipinski definition) is 0. The topological polar surface area (TPSA) is 200 Å². The van der Waals surface area contributed by atoms with Crippen LogP contribution in [0.15, 0.2) is 455 Å². The van der Waals surface area contributed by atoms with Crippen LogP contribution in [0.4, 0.5) is 0 Å². The summed E-state index contributed by atoms with van der Waals surface area (Å²) in [6.07, 6.45) is 0. The van der Waals surface area contributed by atoms with E-state index in [1.54, 1.807) is 12.1 Å². The number of para-hydroxylation sites is 10. The van der Waals surface area contributed by atoms with Gasteiger partial charge in [0.2, 0.25) is 0 Å². The number of benzene rings is 17. The summed E-state index contributed by atoms with van der Waals surface area (Å²) in [6, 6.07) is 166. The Morgan fingerprint density at radius 2 is 0.345 bits per heavy atom. The zero-order valence-corrected chi connectivity index (χ0v) is 76.0. The van der Waals surface area contributed by atoms with Crippen molar-refractivity contribution in [3.8, 4) is 132 Å². The second-order valence-corrected chi connectivity index (χ2v) is 35.2. The van der Waals surface area contributed by atoms with Crippen molar-refractivity contribution in [2.45, 2.75) is 0 Å². The number of rotatable bonds is 12. The average Bonchev–Trinajstić information content (AvgIpc) is 1.58. The van der Waals surface area contributed by atoms with E-state index in [-0.39, 0.29) is 0 Å². The van der Waals surface area contributed by atoms with Crippen LogP contribution in [0.1, 0.15) is 27.8 Å². The van der Waals surface area contributed by atoms with Crippen molar-refractivity contribution in [2.24, 2.45) is 0 Å². The quantitative estimate of drug-likeness (QED) is 0.114. The lowest BCUT2D eigenvalue weighted by atomic mass is 9.98. The standard InChI is InChI=1S/C43H23N7.2C42H26N4/c44-24-27-12-16-30(17-13-27)36-8-5-9-37(47-36)31-22-42(49-38-10-3-1-6-32(38)33-7-2-4-11-39(33)49)48-43(23-31)50-40-18-14-28(25-45)20-34(40)35-21-29(26-46)15-19-41(35)50;43-27-28-11-9-12-29(23-28)30-13-10-14-31(24-30)32-25-41(45-37-19-5-1-15-33(37)34-16-2-6-20-38(34)45)44-42(26-32)46-39-21-7-3-17-35(39)36-18-4-8-22-40(36)46;43-27-28-20-22-29(23-21-28)30-10-9-11-31(24-30)32-25-41(45-37-16-5-1-12-33(37)34-13-2-6-17-38(34)45)44-42(26-32)46-39-18-7-3-14-35(39)36-15-4-8-19-40(36)46/h1-23H;2*1-26H. The number of hydrogen-bond acceptors (Lipinski definition) is 9. The van der Waals surface area contributed by atoms with Crippen molar-refractivity contribution >= 4 is 131 Å². The molecule has 0 aliphatic carbocycles. The van der Waals surface area contributed by atoms with E-state index < -0.39 is 0 Å². The van der Waals surface area contributed by atoms with Crippen molar-refractivity contribution in [3.63, 3.8) is 0 Å². The van der Waals surface area contributed by atoms with Crippen LogP contribution in [0.2, 0.25) is 0 Å². The molecule has 142 heavy (non-hydrogen) atoms. The van der Waals surface area contributed by atoms with Crippen LogP contribution in [0.25, 0.3) is 233 Å². The first-order valence-electron chi connectivity index (χ1n) is 46.7. The fraction of sp³-hybridized carbons (Fsp3) is 0. The summed E-state index contributed by atoms with van der Waals surface area (Å²) >= 11 is 0. The van der Waals surface area contributed by atoms with Crippen LogP contribution in [-0.2, 0) is 0 Å². The summed E-state index contributed by atoms with van der Waals surface area (Å²) in [5, 5.41) is 61.2. The molecule has 0 radical (unpaired) electrons. The molecule has 10 aromatic heterocycles. The second-order valence-electron chi connectivity index (χ2n) is 35.2. The van der Waals surface area contributed by atoms with Gasteiger partial charge < -0.3 is 0 Å². The summed E-state index contributed by atoms with van der Waals surface area (Å²) in [5.41, 5.74) is 27.5. The SMILES string of the molecule is N#Cc1ccc(-c2cccc(-c3cc(-n4c5ccccc5c5ccccc54)nc(-n4c5ccc(C#N)cc5c5cc(C#N)ccc54)c3)n2)cc1.N#Cc1ccc(-c2cccc(-c3cc(-n4c5ccccc5c5ccccc54)nc(-n4c5ccccc5c5ccccc54)c3)c2)cc1.N#Cc1cccc(-c2cccc(-c3cc(-n4c5ccccc5c5ccccc54)nc(-n4c5ccccc5c5ccccc54)c3)c2)c1. The molecule has 15 heteroatoms. The van der Waals surface area contributed by atoms with Crippen LogP contribution >= 0.6 is 0 Å². The van der Waals surface area contributed by atoms with E-state index in [0.717, 1.165) is 184 Å².